The van der Waals surface area contributed by atoms with Gasteiger partial charge in [-0.2, -0.15) is 0 Å². The number of aliphatic carboxylic acids is 1. The van der Waals surface area contributed by atoms with Gasteiger partial charge in [-0.25, -0.2) is 14.0 Å². The Morgan fingerprint density at radius 1 is 1.58 bits per heavy atom. The maximum absolute atomic E-state index is 13.3. The van der Waals surface area contributed by atoms with Gasteiger partial charge in [-0.05, 0) is 25.1 Å². The second-order valence-electron chi connectivity index (χ2n) is 4.47. The third kappa shape index (κ3) is 2.18. The molecule has 4 N–H and O–H groups in total. The van der Waals surface area contributed by atoms with Crippen LogP contribution in [0.3, 0.4) is 0 Å². The number of hydrogen-bond donors (Lipinski definition) is 3. The van der Waals surface area contributed by atoms with E-state index in [1.165, 1.54) is 6.07 Å². The summed E-state index contributed by atoms with van der Waals surface area (Å²) in [7, 11) is 0. The van der Waals surface area contributed by atoms with Crippen LogP contribution < -0.4 is 15.8 Å². The third-order valence-corrected chi connectivity index (χ3v) is 3.02. The number of urea groups is 1. The number of halogens is 1. The van der Waals surface area contributed by atoms with Crippen molar-refractivity contribution in [3.05, 3.63) is 29.6 Å². The Kier molecular flexibility index (Phi) is 3.05. The highest BCUT2D eigenvalue weighted by Gasteiger charge is 2.48. The van der Waals surface area contributed by atoms with Crippen molar-refractivity contribution >= 4 is 12.0 Å². The van der Waals surface area contributed by atoms with Gasteiger partial charge < -0.3 is 20.9 Å². The first-order chi connectivity index (χ1) is 8.85. The zero-order chi connectivity index (χ0) is 14.2. The average molecular weight is 268 g/mol. The van der Waals surface area contributed by atoms with Crippen LogP contribution in [0.5, 0.6) is 5.75 Å². The van der Waals surface area contributed by atoms with Crippen molar-refractivity contribution in [2.75, 3.05) is 0 Å². The highest BCUT2D eigenvalue weighted by Crippen LogP contribution is 2.40. The van der Waals surface area contributed by atoms with Gasteiger partial charge in [0.2, 0.25) is 0 Å². The Morgan fingerprint density at radius 2 is 2.26 bits per heavy atom. The largest absolute Gasteiger partial charge is 0.490 e. The number of rotatable bonds is 2. The van der Waals surface area contributed by atoms with Crippen LogP contribution in [0.4, 0.5) is 9.18 Å². The molecule has 19 heavy (non-hydrogen) atoms. The maximum atomic E-state index is 13.3. The molecule has 0 bridgehead atoms. The number of primary amides is 1. The lowest BCUT2D eigenvalue weighted by atomic mass is 9.82. The fourth-order valence-corrected chi connectivity index (χ4v) is 2.32. The molecule has 0 saturated heterocycles. The van der Waals surface area contributed by atoms with E-state index in [-0.39, 0.29) is 17.7 Å². The van der Waals surface area contributed by atoms with Crippen molar-refractivity contribution in [1.82, 2.24) is 5.32 Å². The molecular formula is C12H13FN2O4. The number of carboxylic acid groups (broad SMARTS) is 1. The van der Waals surface area contributed by atoms with Gasteiger partial charge in [0, 0.05) is 12.0 Å². The summed E-state index contributed by atoms with van der Waals surface area (Å²) in [4.78, 5) is 22.7. The van der Waals surface area contributed by atoms with E-state index < -0.39 is 29.5 Å². The summed E-state index contributed by atoms with van der Waals surface area (Å²) in [6.07, 6.45) is -0.497. The lowest BCUT2D eigenvalue weighted by Crippen LogP contribution is -2.57. The molecule has 0 aliphatic carbocycles. The summed E-state index contributed by atoms with van der Waals surface area (Å²) in [5, 5.41) is 11.6. The van der Waals surface area contributed by atoms with Crippen molar-refractivity contribution in [1.29, 1.82) is 0 Å². The zero-order valence-corrected chi connectivity index (χ0v) is 10.1. The van der Waals surface area contributed by atoms with Gasteiger partial charge in [-0.1, -0.05) is 0 Å². The van der Waals surface area contributed by atoms with Gasteiger partial charge in [0.25, 0.3) is 0 Å². The summed E-state index contributed by atoms with van der Waals surface area (Å²) in [6, 6.07) is 2.53. The van der Waals surface area contributed by atoms with Crippen molar-refractivity contribution in [3.63, 3.8) is 0 Å². The lowest BCUT2D eigenvalue weighted by molar-refractivity contribution is -0.147. The van der Waals surface area contributed by atoms with Crippen molar-refractivity contribution < 1.29 is 23.8 Å². The molecule has 0 radical (unpaired) electrons. The van der Waals surface area contributed by atoms with Gasteiger partial charge in [0.1, 0.15) is 11.6 Å². The summed E-state index contributed by atoms with van der Waals surface area (Å²) >= 11 is 0. The summed E-state index contributed by atoms with van der Waals surface area (Å²) < 4.78 is 18.8. The number of amides is 2. The number of ether oxygens (including phenoxy) is 1. The normalized spacial score (nSPS) is 25.1. The zero-order valence-electron chi connectivity index (χ0n) is 10.1. The minimum Gasteiger partial charge on any atom is -0.490 e. The van der Waals surface area contributed by atoms with Crippen molar-refractivity contribution in [2.24, 2.45) is 5.73 Å². The first-order valence-corrected chi connectivity index (χ1v) is 5.63. The summed E-state index contributed by atoms with van der Waals surface area (Å²) in [6.45, 7) is 1.66. The molecular weight excluding hydrogens is 255 g/mol. The first-order valence-electron chi connectivity index (χ1n) is 5.63. The van der Waals surface area contributed by atoms with Gasteiger partial charge >= 0.3 is 12.0 Å². The fraction of sp³-hybridized carbons (Fsp3) is 0.333. The second-order valence-corrected chi connectivity index (χ2v) is 4.47. The van der Waals surface area contributed by atoms with Crippen LogP contribution in [0.1, 0.15) is 18.9 Å². The van der Waals surface area contributed by atoms with Crippen molar-refractivity contribution in [3.8, 4) is 5.75 Å². The molecule has 1 aliphatic rings. The molecule has 0 spiro atoms. The fourth-order valence-electron chi connectivity index (χ4n) is 2.32. The van der Waals surface area contributed by atoms with Crippen LogP contribution in [0.2, 0.25) is 0 Å². The molecule has 1 aromatic carbocycles. The van der Waals surface area contributed by atoms with Gasteiger partial charge in [0.15, 0.2) is 5.54 Å². The minimum atomic E-state index is -1.78. The monoisotopic (exact) mass is 268 g/mol. The molecule has 0 aromatic heterocycles. The molecule has 1 aliphatic heterocycles. The van der Waals surface area contributed by atoms with Crippen LogP contribution in [0.15, 0.2) is 18.2 Å². The standard InChI is InChI=1S/C12H13FN2O4/c1-6-5-12(10(16)17,15-11(14)18)8-4-7(13)2-3-9(8)19-6/h2-4,6H,5H2,1H3,(H,16,17)(H3,14,15,18)/t6-,12?/m1/s1. The summed E-state index contributed by atoms with van der Waals surface area (Å²) in [5.74, 6) is -1.71. The SMILES string of the molecule is C[C@@H]1CC(NC(N)=O)(C(=O)O)c2cc(F)ccc2O1. The first kappa shape index (κ1) is 13.1. The van der Waals surface area contributed by atoms with E-state index in [1.54, 1.807) is 6.92 Å². The van der Waals surface area contributed by atoms with Gasteiger partial charge in [-0.3, -0.25) is 0 Å². The van der Waals surface area contributed by atoms with Crippen LogP contribution >= 0.6 is 0 Å². The predicted molar refractivity (Wildman–Crippen MR) is 63.1 cm³/mol. The van der Waals surface area contributed by atoms with E-state index in [0.29, 0.717) is 0 Å². The average Bonchev–Trinajstić information content (AvgIpc) is 2.28. The molecule has 102 valence electrons. The highest BCUT2D eigenvalue weighted by molar-refractivity contribution is 5.88. The number of nitrogens with two attached hydrogens (primary N) is 1. The van der Waals surface area contributed by atoms with E-state index in [0.717, 1.165) is 12.1 Å². The molecule has 2 atom stereocenters. The summed E-state index contributed by atoms with van der Waals surface area (Å²) in [5.41, 5.74) is 3.31. The Balaban J connectivity index is 2.63. The van der Waals surface area contributed by atoms with Crippen LogP contribution in [-0.4, -0.2) is 23.2 Å². The Morgan fingerprint density at radius 3 is 2.84 bits per heavy atom. The molecule has 6 nitrogen and oxygen atoms in total. The van der Waals surface area contributed by atoms with E-state index in [9.17, 15) is 19.1 Å². The van der Waals surface area contributed by atoms with Gasteiger partial charge in [-0.15, -0.1) is 0 Å². The van der Waals surface area contributed by atoms with E-state index in [1.807, 2.05) is 0 Å². The maximum Gasteiger partial charge on any atom is 0.334 e. The van der Waals surface area contributed by atoms with E-state index in [4.69, 9.17) is 10.5 Å². The number of carboxylic acids is 1. The molecule has 2 amide bonds. The number of benzene rings is 1. The highest BCUT2D eigenvalue weighted by atomic mass is 19.1. The number of hydrogen-bond acceptors (Lipinski definition) is 3. The van der Waals surface area contributed by atoms with Crippen LogP contribution in [0, 0.1) is 5.82 Å². The number of nitrogens with one attached hydrogen (secondary N) is 1. The molecule has 1 aromatic rings. The Labute approximate surface area is 108 Å². The number of fused-ring (bicyclic) bond motifs is 1. The molecule has 7 heteroatoms. The second kappa shape index (κ2) is 4.42. The lowest BCUT2D eigenvalue weighted by Gasteiger charge is -2.38. The quantitative estimate of drug-likeness (QED) is 0.743. The van der Waals surface area contributed by atoms with Gasteiger partial charge in [0.05, 0.1) is 6.10 Å². The minimum absolute atomic E-state index is 0.0400. The third-order valence-electron chi connectivity index (χ3n) is 3.02. The Bertz CT molecular complexity index is 549. The van der Waals surface area contributed by atoms with Crippen LogP contribution in [-0.2, 0) is 10.3 Å². The molecule has 0 saturated carbocycles. The smallest absolute Gasteiger partial charge is 0.334 e. The molecule has 1 unspecified atom stereocenters. The van der Waals surface area contributed by atoms with E-state index >= 15 is 0 Å². The molecule has 2 rings (SSSR count). The molecule has 1 heterocycles. The Hall–Kier alpha value is -2.31. The molecule has 0 fully saturated rings. The number of carbonyl (C=O) groups excluding carboxylic acids is 1. The topological polar surface area (TPSA) is 102 Å². The number of carbonyl (C=O) groups is 2. The van der Waals surface area contributed by atoms with Crippen molar-refractivity contribution in [2.45, 2.75) is 25.0 Å². The van der Waals surface area contributed by atoms with Crippen LogP contribution in [0.25, 0.3) is 0 Å². The predicted octanol–water partition coefficient (Wildman–Crippen LogP) is 0.945. The van der Waals surface area contributed by atoms with E-state index in [2.05, 4.69) is 5.32 Å².